The Morgan fingerprint density at radius 3 is 1.45 bits per heavy atom. The Kier molecular flexibility index (Phi) is 8.91. The van der Waals surface area contributed by atoms with Gasteiger partial charge in [-0.1, -0.05) is 52.7 Å². The van der Waals surface area contributed by atoms with Gasteiger partial charge in [0.15, 0.2) is 0 Å². The number of phenols is 2. The van der Waals surface area contributed by atoms with Gasteiger partial charge in [-0.05, 0) is 60.1 Å². The molecule has 0 saturated heterocycles. The number of rotatable bonds is 10. The summed E-state index contributed by atoms with van der Waals surface area (Å²) in [5, 5.41) is 20.9. The average Bonchev–Trinajstić information content (AvgIpc) is 2.71. The third kappa shape index (κ3) is 6.18. The van der Waals surface area contributed by atoms with E-state index in [0.717, 1.165) is 60.8 Å². The zero-order valence-electron chi connectivity index (χ0n) is 18.2. The van der Waals surface area contributed by atoms with Crippen LogP contribution >= 0.6 is 0 Å². The third-order valence-electron chi connectivity index (χ3n) is 5.02. The number of hydrogen-bond donors (Lipinski definition) is 2. The van der Waals surface area contributed by atoms with Crippen molar-refractivity contribution in [3.63, 3.8) is 0 Å². The quantitative estimate of drug-likeness (QED) is 0.513. The second-order valence-corrected chi connectivity index (χ2v) is 7.36. The van der Waals surface area contributed by atoms with E-state index in [1.165, 1.54) is 11.1 Å². The Morgan fingerprint density at radius 1 is 0.690 bits per heavy atom. The maximum Gasteiger partial charge on any atom is 0.129 e. The van der Waals surface area contributed by atoms with Crippen LogP contribution in [0.25, 0.3) is 0 Å². The van der Waals surface area contributed by atoms with E-state index < -0.39 is 0 Å². The lowest BCUT2D eigenvalue weighted by Gasteiger charge is -2.09. The van der Waals surface area contributed by atoms with Gasteiger partial charge < -0.3 is 10.2 Å². The zero-order valence-corrected chi connectivity index (χ0v) is 18.2. The van der Waals surface area contributed by atoms with Gasteiger partial charge >= 0.3 is 0 Å². The lowest BCUT2D eigenvalue weighted by molar-refractivity contribution is 0.467. The summed E-state index contributed by atoms with van der Waals surface area (Å²) in [6.45, 7) is 8.63. The van der Waals surface area contributed by atoms with Crippen molar-refractivity contribution in [2.45, 2.75) is 66.2 Å². The average molecular weight is 395 g/mol. The predicted molar refractivity (Wildman–Crippen MR) is 123 cm³/mol. The Bertz CT molecular complexity index is 798. The van der Waals surface area contributed by atoms with Crippen LogP contribution in [0.5, 0.6) is 11.5 Å². The first-order chi connectivity index (χ1) is 14.0. The number of aliphatic imine (C=N–C) groups is 2. The Labute approximate surface area is 175 Å². The predicted octanol–water partition coefficient (Wildman–Crippen LogP) is 5.62. The molecular weight excluding hydrogens is 360 g/mol. The van der Waals surface area contributed by atoms with Crippen LogP contribution in [-0.4, -0.2) is 29.3 Å². The molecule has 4 heteroatoms. The SMILES string of the molecule is CCCc1cc(C=NCN=Cc2cc(CCC)cc(CC)c2O)c(O)c(CC)c1. The summed E-state index contributed by atoms with van der Waals surface area (Å²) < 4.78 is 0. The molecule has 2 rings (SSSR count). The molecule has 0 aliphatic heterocycles. The standard InChI is InChI=1S/C25H34N2O2/c1-5-9-18-11-20(7-3)24(28)22(13-18)15-26-17-27-16-23-14-19(10-6-2)12-21(8-4)25(23)29/h11-16,28-29H,5-10,17H2,1-4H3. The van der Waals surface area contributed by atoms with Crippen molar-refractivity contribution in [1.82, 2.24) is 0 Å². The zero-order chi connectivity index (χ0) is 21.2. The fourth-order valence-corrected chi connectivity index (χ4v) is 3.50. The second kappa shape index (κ2) is 11.4. The number of hydrogen-bond acceptors (Lipinski definition) is 4. The highest BCUT2D eigenvalue weighted by atomic mass is 16.3. The summed E-state index contributed by atoms with van der Waals surface area (Å²) in [6.07, 6.45) is 9.06. The van der Waals surface area contributed by atoms with E-state index in [4.69, 9.17) is 0 Å². The molecule has 0 radical (unpaired) electrons. The van der Waals surface area contributed by atoms with Crippen molar-refractivity contribution in [2.24, 2.45) is 9.98 Å². The molecular formula is C25H34N2O2. The van der Waals surface area contributed by atoms with E-state index in [0.29, 0.717) is 11.5 Å². The normalized spacial score (nSPS) is 11.7. The number of aryl methyl sites for hydroxylation is 4. The van der Waals surface area contributed by atoms with Crippen molar-refractivity contribution in [3.8, 4) is 11.5 Å². The van der Waals surface area contributed by atoms with E-state index in [2.05, 4.69) is 36.0 Å². The van der Waals surface area contributed by atoms with Gasteiger partial charge in [-0.3, -0.25) is 9.98 Å². The molecule has 156 valence electrons. The summed E-state index contributed by atoms with van der Waals surface area (Å²) in [7, 11) is 0. The topological polar surface area (TPSA) is 65.2 Å². The molecule has 0 spiro atoms. The van der Waals surface area contributed by atoms with Crippen molar-refractivity contribution in [1.29, 1.82) is 0 Å². The maximum absolute atomic E-state index is 10.4. The van der Waals surface area contributed by atoms with Gasteiger partial charge in [0.05, 0.1) is 0 Å². The molecule has 0 aliphatic rings. The molecule has 0 saturated carbocycles. The highest BCUT2D eigenvalue weighted by Gasteiger charge is 2.08. The third-order valence-corrected chi connectivity index (χ3v) is 5.02. The molecule has 0 unspecified atom stereocenters. The van der Waals surface area contributed by atoms with Crippen molar-refractivity contribution in [2.75, 3.05) is 6.67 Å². The fraction of sp³-hybridized carbons (Fsp3) is 0.440. The Hall–Kier alpha value is -2.62. The van der Waals surface area contributed by atoms with Crippen molar-refractivity contribution < 1.29 is 10.2 Å². The first-order valence-corrected chi connectivity index (χ1v) is 10.7. The lowest BCUT2D eigenvalue weighted by atomic mass is 10.00. The van der Waals surface area contributed by atoms with Crippen LogP contribution < -0.4 is 0 Å². The van der Waals surface area contributed by atoms with Gasteiger partial charge in [-0.2, -0.15) is 0 Å². The Balaban J connectivity index is 2.15. The van der Waals surface area contributed by atoms with Gasteiger partial charge in [0, 0.05) is 23.6 Å². The highest BCUT2D eigenvalue weighted by molar-refractivity contribution is 5.86. The van der Waals surface area contributed by atoms with Gasteiger partial charge in [0.2, 0.25) is 0 Å². The molecule has 0 fully saturated rings. The van der Waals surface area contributed by atoms with Crippen LogP contribution in [0, 0.1) is 0 Å². The van der Waals surface area contributed by atoms with Crippen LogP contribution in [0.3, 0.4) is 0 Å². The monoisotopic (exact) mass is 394 g/mol. The summed E-state index contributed by atoms with van der Waals surface area (Å²) in [4.78, 5) is 8.72. The molecule has 0 heterocycles. The van der Waals surface area contributed by atoms with E-state index in [1.807, 2.05) is 26.0 Å². The smallest absolute Gasteiger partial charge is 0.129 e. The van der Waals surface area contributed by atoms with Crippen LogP contribution in [0.15, 0.2) is 34.3 Å². The molecule has 4 nitrogen and oxygen atoms in total. The number of nitrogens with zero attached hydrogens (tertiary/aromatic N) is 2. The van der Waals surface area contributed by atoms with E-state index >= 15 is 0 Å². The first kappa shape index (κ1) is 22.7. The van der Waals surface area contributed by atoms with Crippen LogP contribution in [-0.2, 0) is 25.7 Å². The summed E-state index contributed by atoms with van der Waals surface area (Å²) in [6, 6.07) is 8.15. The minimum absolute atomic E-state index is 0.248. The number of aromatic hydroxyl groups is 2. The van der Waals surface area contributed by atoms with Crippen LogP contribution in [0.4, 0.5) is 0 Å². The first-order valence-electron chi connectivity index (χ1n) is 10.7. The molecule has 0 bridgehead atoms. The minimum atomic E-state index is 0.248. The van der Waals surface area contributed by atoms with Crippen LogP contribution in [0.2, 0.25) is 0 Å². The molecule has 0 amide bonds. The largest absolute Gasteiger partial charge is 0.507 e. The van der Waals surface area contributed by atoms with E-state index in [1.54, 1.807) is 12.4 Å². The van der Waals surface area contributed by atoms with Crippen molar-refractivity contribution >= 4 is 12.4 Å². The van der Waals surface area contributed by atoms with E-state index in [-0.39, 0.29) is 6.67 Å². The molecule has 29 heavy (non-hydrogen) atoms. The molecule has 0 aromatic heterocycles. The van der Waals surface area contributed by atoms with Gasteiger partial charge in [-0.25, -0.2) is 0 Å². The van der Waals surface area contributed by atoms with Crippen LogP contribution in [0.1, 0.15) is 73.9 Å². The molecule has 0 atom stereocenters. The van der Waals surface area contributed by atoms with Crippen molar-refractivity contribution in [3.05, 3.63) is 57.6 Å². The Morgan fingerprint density at radius 2 is 1.10 bits per heavy atom. The molecule has 2 N–H and O–H groups in total. The molecule has 0 aliphatic carbocycles. The fourth-order valence-electron chi connectivity index (χ4n) is 3.50. The molecule has 2 aromatic carbocycles. The van der Waals surface area contributed by atoms with Gasteiger partial charge in [-0.15, -0.1) is 0 Å². The lowest BCUT2D eigenvalue weighted by Crippen LogP contribution is -1.95. The number of benzene rings is 2. The number of phenolic OH excluding ortho intramolecular Hbond substituents is 2. The molecule has 2 aromatic rings. The summed E-state index contributed by atoms with van der Waals surface area (Å²) >= 11 is 0. The summed E-state index contributed by atoms with van der Waals surface area (Å²) in [5.41, 5.74) is 5.82. The second-order valence-electron chi connectivity index (χ2n) is 7.36. The maximum atomic E-state index is 10.4. The minimum Gasteiger partial charge on any atom is -0.507 e. The van der Waals surface area contributed by atoms with Gasteiger partial charge in [0.1, 0.15) is 18.2 Å². The highest BCUT2D eigenvalue weighted by Crippen LogP contribution is 2.26. The van der Waals surface area contributed by atoms with E-state index in [9.17, 15) is 10.2 Å². The van der Waals surface area contributed by atoms with Gasteiger partial charge in [0.25, 0.3) is 0 Å². The summed E-state index contributed by atoms with van der Waals surface area (Å²) in [5.74, 6) is 0.607.